The van der Waals surface area contributed by atoms with Crippen molar-refractivity contribution in [2.24, 2.45) is 5.41 Å². The lowest BCUT2D eigenvalue weighted by Crippen LogP contribution is -2.46. The molecule has 0 aromatic heterocycles. The van der Waals surface area contributed by atoms with Gasteiger partial charge in [-0.3, -0.25) is 14.5 Å². The van der Waals surface area contributed by atoms with Crippen LogP contribution in [-0.4, -0.2) is 55.7 Å². The van der Waals surface area contributed by atoms with E-state index in [-0.39, 0.29) is 23.5 Å². The lowest BCUT2D eigenvalue weighted by atomic mass is 9.96. The summed E-state index contributed by atoms with van der Waals surface area (Å²) in [6.45, 7) is 6.69. The average Bonchev–Trinajstić information content (AvgIpc) is 2.86. The number of hydrogen-bond acceptors (Lipinski definition) is 7. The zero-order valence-electron chi connectivity index (χ0n) is 17.1. The third-order valence-electron chi connectivity index (χ3n) is 4.32. The molecule has 0 radical (unpaired) electrons. The standard InChI is InChI=1S/C19H24F3NO7/c1-10(16(26)28-9-29-17(27-5)18(2,3)4)23-13-7-6-11(30-19(20,21)22)8-12(13)14(24)15(23)25/h6-8,10,16-17,26H,9H2,1-5H3. The smallest absolute Gasteiger partial charge is 0.406 e. The van der Waals surface area contributed by atoms with E-state index in [1.165, 1.54) is 14.0 Å². The molecule has 11 heteroatoms. The molecule has 0 saturated heterocycles. The molecular formula is C19H24F3NO7. The highest BCUT2D eigenvalue weighted by molar-refractivity contribution is 6.52. The van der Waals surface area contributed by atoms with Crippen molar-refractivity contribution in [2.45, 2.75) is 52.7 Å². The molecule has 2 rings (SSSR count). The number of benzene rings is 1. The van der Waals surface area contributed by atoms with E-state index in [0.717, 1.165) is 23.1 Å². The van der Waals surface area contributed by atoms with Gasteiger partial charge < -0.3 is 24.1 Å². The number of nitrogens with zero attached hydrogens (tertiary/aromatic N) is 1. The highest BCUT2D eigenvalue weighted by Gasteiger charge is 2.42. The van der Waals surface area contributed by atoms with Crippen LogP contribution in [0.2, 0.25) is 0 Å². The number of carbonyl (C=O) groups excluding carboxylic acids is 2. The third-order valence-corrected chi connectivity index (χ3v) is 4.32. The number of rotatable bonds is 8. The van der Waals surface area contributed by atoms with E-state index in [1.807, 2.05) is 20.8 Å². The van der Waals surface area contributed by atoms with Crippen molar-refractivity contribution in [1.82, 2.24) is 0 Å². The van der Waals surface area contributed by atoms with Crippen molar-refractivity contribution in [3.05, 3.63) is 23.8 Å². The van der Waals surface area contributed by atoms with Crippen molar-refractivity contribution in [3.63, 3.8) is 0 Å². The van der Waals surface area contributed by atoms with Gasteiger partial charge in [0.2, 0.25) is 0 Å². The van der Waals surface area contributed by atoms with Crippen LogP contribution >= 0.6 is 0 Å². The number of aliphatic hydroxyl groups is 1. The maximum Gasteiger partial charge on any atom is 0.573 e. The number of methoxy groups -OCH3 is 1. The predicted molar refractivity (Wildman–Crippen MR) is 97.7 cm³/mol. The van der Waals surface area contributed by atoms with Gasteiger partial charge >= 0.3 is 6.36 Å². The third kappa shape index (κ3) is 5.48. The van der Waals surface area contributed by atoms with Gasteiger partial charge in [-0.15, -0.1) is 13.2 Å². The Morgan fingerprint density at radius 1 is 1.13 bits per heavy atom. The zero-order valence-corrected chi connectivity index (χ0v) is 17.1. The summed E-state index contributed by atoms with van der Waals surface area (Å²) in [5.74, 6) is -2.65. The number of Topliss-reactive ketones (excluding diaryl/α,β-unsaturated/α-hetero) is 1. The lowest BCUT2D eigenvalue weighted by Gasteiger charge is -2.31. The quantitative estimate of drug-likeness (QED) is 0.496. The second-order valence-corrected chi connectivity index (χ2v) is 7.75. The SMILES string of the molecule is COC(OCOC(O)C(C)N1C(=O)C(=O)c2cc(OC(F)(F)F)ccc21)C(C)(C)C. The van der Waals surface area contributed by atoms with Crippen LogP contribution in [-0.2, 0) is 19.0 Å². The van der Waals surface area contributed by atoms with Crippen molar-refractivity contribution in [1.29, 1.82) is 0 Å². The molecule has 1 aromatic rings. The first-order valence-electron chi connectivity index (χ1n) is 8.98. The number of anilines is 1. The largest absolute Gasteiger partial charge is 0.573 e. The van der Waals surface area contributed by atoms with Gasteiger partial charge in [0, 0.05) is 12.5 Å². The molecular weight excluding hydrogens is 411 g/mol. The van der Waals surface area contributed by atoms with E-state index in [2.05, 4.69) is 4.74 Å². The molecule has 0 aliphatic carbocycles. The molecule has 0 bridgehead atoms. The summed E-state index contributed by atoms with van der Waals surface area (Å²) < 4.78 is 56.8. The fourth-order valence-electron chi connectivity index (χ4n) is 2.95. The Kier molecular flexibility index (Phi) is 7.12. The van der Waals surface area contributed by atoms with Crippen LogP contribution in [0.3, 0.4) is 0 Å². The van der Waals surface area contributed by atoms with Crippen LogP contribution in [0.5, 0.6) is 5.75 Å². The van der Waals surface area contributed by atoms with Crippen molar-refractivity contribution < 1.29 is 46.8 Å². The molecule has 1 amide bonds. The first kappa shape index (κ1) is 24.1. The van der Waals surface area contributed by atoms with E-state index >= 15 is 0 Å². The zero-order chi connectivity index (χ0) is 22.9. The van der Waals surface area contributed by atoms with Gasteiger partial charge in [0.1, 0.15) is 5.75 Å². The van der Waals surface area contributed by atoms with Crippen LogP contribution < -0.4 is 9.64 Å². The summed E-state index contributed by atoms with van der Waals surface area (Å²) in [5.41, 5.74) is -0.578. The van der Waals surface area contributed by atoms with E-state index in [4.69, 9.17) is 14.2 Å². The van der Waals surface area contributed by atoms with Gasteiger partial charge in [-0.25, -0.2) is 0 Å². The van der Waals surface area contributed by atoms with Gasteiger partial charge in [0.25, 0.3) is 11.7 Å². The molecule has 1 aliphatic rings. The number of carbonyl (C=O) groups is 2. The van der Waals surface area contributed by atoms with E-state index in [1.54, 1.807) is 0 Å². The molecule has 0 spiro atoms. The Bertz CT molecular complexity index is 791. The lowest BCUT2D eigenvalue weighted by molar-refractivity contribution is -0.274. The highest BCUT2D eigenvalue weighted by atomic mass is 19.4. The summed E-state index contributed by atoms with van der Waals surface area (Å²) in [6, 6.07) is 1.91. The molecule has 0 fully saturated rings. The summed E-state index contributed by atoms with van der Waals surface area (Å²) in [6.07, 6.45) is -7.11. The van der Waals surface area contributed by atoms with Gasteiger partial charge in [0.15, 0.2) is 19.4 Å². The van der Waals surface area contributed by atoms with Crippen molar-refractivity contribution in [2.75, 3.05) is 18.8 Å². The molecule has 8 nitrogen and oxygen atoms in total. The fourth-order valence-corrected chi connectivity index (χ4v) is 2.95. The van der Waals surface area contributed by atoms with Gasteiger partial charge in [0.05, 0.1) is 17.3 Å². The highest BCUT2D eigenvalue weighted by Crippen LogP contribution is 2.35. The molecule has 1 heterocycles. The monoisotopic (exact) mass is 435 g/mol. The number of ether oxygens (including phenoxy) is 4. The maximum absolute atomic E-state index is 12.4. The van der Waals surface area contributed by atoms with Crippen LogP contribution in [0.4, 0.5) is 18.9 Å². The molecule has 30 heavy (non-hydrogen) atoms. The van der Waals surface area contributed by atoms with E-state index < -0.39 is 42.4 Å². The Morgan fingerprint density at radius 3 is 2.30 bits per heavy atom. The van der Waals surface area contributed by atoms with Crippen molar-refractivity contribution in [3.8, 4) is 5.75 Å². The summed E-state index contributed by atoms with van der Waals surface area (Å²) in [4.78, 5) is 25.5. The summed E-state index contributed by atoms with van der Waals surface area (Å²) in [5, 5.41) is 10.3. The van der Waals surface area contributed by atoms with Gasteiger partial charge in [-0.05, 0) is 25.1 Å². The number of fused-ring (bicyclic) bond motifs is 1. The molecule has 1 N–H and O–H groups in total. The van der Waals surface area contributed by atoms with E-state index in [0.29, 0.717) is 0 Å². The average molecular weight is 435 g/mol. The van der Waals surface area contributed by atoms with Crippen LogP contribution in [0.1, 0.15) is 38.1 Å². The first-order chi connectivity index (χ1) is 13.8. The second kappa shape index (κ2) is 8.88. The molecule has 3 unspecified atom stereocenters. The predicted octanol–water partition coefficient (Wildman–Crippen LogP) is 2.83. The number of ketones is 1. The Labute approximate surface area is 171 Å². The van der Waals surface area contributed by atoms with Crippen LogP contribution in [0, 0.1) is 5.41 Å². The van der Waals surface area contributed by atoms with E-state index in [9.17, 15) is 27.9 Å². The molecule has 1 aromatic carbocycles. The second-order valence-electron chi connectivity index (χ2n) is 7.75. The molecule has 168 valence electrons. The van der Waals surface area contributed by atoms with Crippen molar-refractivity contribution >= 4 is 17.4 Å². The topological polar surface area (TPSA) is 94.5 Å². The first-order valence-corrected chi connectivity index (χ1v) is 8.98. The Hall–Kier alpha value is -2.21. The minimum Gasteiger partial charge on any atom is -0.406 e. The van der Waals surface area contributed by atoms with Gasteiger partial charge in [-0.1, -0.05) is 20.8 Å². The van der Waals surface area contributed by atoms with Gasteiger partial charge in [-0.2, -0.15) is 0 Å². The number of amides is 1. The number of hydrogen-bond donors (Lipinski definition) is 1. The molecule has 1 aliphatic heterocycles. The summed E-state index contributed by atoms with van der Waals surface area (Å²) in [7, 11) is 1.46. The molecule has 3 atom stereocenters. The number of aliphatic hydroxyl groups excluding tert-OH is 1. The maximum atomic E-state index is 12.4. The number of alkyl halides is 3. The minimum atomic E-state index is -4.94. The fraction of sp³-hybridized carbons (Fsp3) is 0.579. The Balaban J connectivity index is 2.10. The Morgan fingerprint density at radius 2 is 1.77 bits per heavy atom. The molecule has 0 saturated carbocycles. The number of halogens is 3. The van der Waals surface area contributed by atoms with Crippen LogP contribution in [0.25, 0.3) is 0 Å². The van der Waals surface area contributed by atoms with Crippen LogP contribution in [0.15, 0.2) is 18.2 Å². The normalized spacial score (nSPS) is 17.7. The summed E-state index contributed by atoms with van der Waals surface area (Å²) >= 11 is 0. The minimum absolute atomic E-state index is 0.0417.